The second-order valence-corrected chi connectivity index (χ2v) is 15.4. The SMILES string of the molecule is C[C@H]1C[C@@H]2[C@H]3CCC4=CC(=O)C=C[C@]4(C)[C@]3(F)[C@H](O)C[C@]2(C)[C@]1(O)C(=O)COC(=O)C12CC3CC(CC(C3)C1)C2. The van der Waals surface area contributed by atoms with E-state index in [0.29, 0.717) is 42.6 Å². The number of ketones is 2. The molecule has 7 fully saturated rings. The smallest absolute Gasteiger partial charge is 0.312 e. The number of ether oxygens (including phenoxy) is 1. The topological polar surface area (TPSA) is 101 Å². The van der Waals surface area contributed by atoms with Crippen LogP contribution in [0.1, 0.15) is 85.0 Å². The summed E-state index contributed by atoms with van der Waals surface area (Å²) < 4.78 is 23.1. The highest BCUT2D eigenvalue weighted by Gasteiger charge is 2.75. The van der Waals surface area contributed by atoms with Gasteiger partial charge < -0.3 is 14.9 Å². The summed E-state index contributed by atoms with van der Waals surface area (Å²) in [6, 6.07) is 0. The number of aliphatic hydroxyl groups excluding tert-OH is 1. The maximum absolute atomic E-state index is 17.4. The minimum Gasteiger partial charge on any atom is -0.457 e. The van der Waals surface area contributed by atoms with Crippen LogP contribution in [0, 0.1) is 51.8 Å². The van der Waals surface area contributed by atoms with E-state index in [2.05, 4.69) is 0 Å². The molecule has 0 unspecified atom stereocenters. The number of hydrogen-bond donors (Lipinski definition) is 2. The van der Waals surface area contributed by atoms with Crippen LogP contribution in [0.3, 0.4) is 0 Å². The first kappa shape index (κ1) is 27.0. The van der Waals surface area contributed by atoms with Crippen molar-refractivity contribution in [1.82, 2.24) is 0 Å². The van der Waals surface area contributed by atoms with Crippen molar-refractivity contribution in [3.8, 4) is 0 Å². The van der Waals surface area contributed by atoms with Crippen molar-refractivity contribution in [2.45, 2.75) is 102 Å². The molecule has 8 aliphatic rings. The average Bonchev–Trinajstić information content (AvgIpc) is 3.09. The van der Waals surface area contributed by atoms with Crippen LogP contribution in [0.4, 0.5) is 4.39 Å². The monoisotopic (exact) mass is 554 g/mol. The minimum absolute atomic E-state index is 0.0785. The molecule has 2 N–H and O–H groups in total. The highest BCUT2D eigenvalue weighted by Crippen LogP contribution is 2.70. The summed E-state index contributed by atoms with van der Waals surface area (Å²) in [5.41, 5.74) is -5.82. The maximum atomic E-state index is 17.4. The van der Waals surface area contributed by atoms with Crippen molar-refractivity contribution in [3.05, 3.63) is 23.8 Å². The first-order valence-corrected chi connectivity index (χ1v) is 15.5. The van der Waals surface area contributed by atoms with Crippen molar-refractivity contribution in [1.29, 1.82) is 0 Å². The fraction of sp³-hybridized carbons (Fsp3) is 0.788. The molecule has 8 aliphatic carbocycles. The molecule has 0 amide bonds. The Kier molecular flexibility index (Phi) is 5.65. The number of carbonyl (C=O) groups excluding carboxylic acids is 3. The second kappa shape index (κ2) is 8.37. The van der Waals surface area contributed by atoms with E-state index < -0.39 is 57.8 Å². The molecule has 40 heavy (non-hydrogen) atoms. The van der Waals surface area contributed by atoms with Crippen LogP contribution in [-0.4, -0.2) is 51.7 Å². The summed E-state index contributed by atoms with van der Waals surface area (Å²) in [4.78, 5) is 39.4. The van der Waals surface area contributed by atoms with Gasteiger partial charge in [-0.25, -0.2) is 4.39 Å². The van der Waals surface area contributed by atoms with Gasteiger partial charge in [0.05, 0.1) is 11.5 Å². The van der Waals surface area contributed by atoms with Gasteiger partial charge in [0, 0.05) is 16.7 Å². The molecule has 7 heteroatoms. The lowest BCUT2D eigenvalue weighted by atomic mass is 9.44. The molecule has 8 atom stereocenters. The Morgan fingerprint density at radius 1 is 1.02 bits per heavy atom. The quantitative estimate of drug-likeness (QED) is 0.490. The number of Topliss-reactive ketones (excluding diaryl/α,β-unsaturated/α-hetero) is 1. The number of rotatable bonds is 4. The molecule has 7 saturated carbocycles. The lowest BCUT2D eigenvalue weighted by Crippen LogP contribution is -2.69. The summed E-state index contributed by atoms with van der Waals surface area (Å²) in [6.45, 7) is 4.92. The third-order valence-electron chi connectivity index (χ3n) is 13.5. The van der Waals surface area contributed by atoms with Gasteiger partial charge in [0.15, 0.2) is 18.1 Å². The number of esters is 1. The molecule has 6 nitrogen and oxygen atoms in total. The lowest BCUT2D eigenvalue weighted by molar-refractivity contribution is -0.220. The molecule has 0 radical (unpaired) electrons. The van der Waals surface area contributed by atoms with E-state index in [9.17, 15) is 24.6 Å². The van der Waals surface area contributed by atoms with E-state index in [1.54, 1.807) is 13.0 Å². The summed E-state index contributed by atoms with van der Waals surface area (Å²) in [7, 11) is 0. The number of fused-ring (bicyclic) bond motifs is 5. The van der Waals surface area contributed by atoms with E-state index in [0.717, 1.165) is 19.3 Å². The number of alkyl halides is 1. The Labute approximate surface area is 235 Å². The van der Waals surface area contributed by atoms with Crippen molar-refractivity contribution >= 4 is 17.5 Å². The number of carbonyl (C=O) groups is 3. The van der Waals surface area contributed by atoms with E-state index in [4.69, 9.17) is 4.74 Å². The molecular weight excluding hydrogens is 511 g/mol. The molecule has 0 heterocycles. The summed E-state index contributed by atoms with van der Waals surface area (Å²) in [5, 5.41) is 23.7. The normalized spacial score (nSPS) is 53.9. The second-order valence-electron chi connectivity index (χ2n) is 15.4. The Balaban J connectivity index is 1.14. The average molecular weight is 555 g/mol. The fourth-order valence-corrected chi connectivity index (χ4v) is 11.9. The Morgan fingerprint density at radius 3 is 2.27 bits per heavy atom. The largest absolute Gasteiger partial charge is 0.457 e. The zero-order valence-corrected chi connectivity index (χ0v) is 24.0. The van der Waals surface area contributed by atoms with Crippen LogP contribution in [0.25, 0.3) is 0 Å². The van der Waals surface area contributed by atoms with Gasteiger partial charge in [-0.1, -0.05) is 25.5 Å². The Hall–Kier alpha value is -1.86. The molecule has 0 aromatic carbocycles. The predicted molar refractivity (Wildman–Crippen MR) is 144 cm³/mol. The summed E-state index contributed by atoms with van der Waals surface area (Å²) in [6.07, 6.45) is 10.5. The van der Waals surface area contributed by atoms with E-state index in [-0.39, 0.29) is 24.1 Å². The number of aliphatic hydroxyl groups is 2. The predicted octanol–water partition coefficient (Wildman–Crippen LogP) is 4.66. The number of halogens is 1. The highest BCUT2D eigenvalue weighted by molar-refractivity contribution is 6.01. The first-order chi connectivity index (χ1) is 18.8. The van der Waals surface area contributed by atoms with Gasteiger partial charge in [0.2, 0.25) is 5.78 Å². The molecule has 8 rings (SSSR count). The van der Waals surface area contributed by atoms with Crippen LogP contribution in [0.15, 0.2) is 23.8 Å². The molecular formula is C33H43FO6. The Bertz CT molecular complexity index is 1200. The highest BCUT2D eigenvalue weighted by atomic mass is 19.1. The molecule has 0 aromatic rings. The van der Waals surface area contributed by atoms with Gasteiger partial charge in [-0.2, -0.15) is 0 Å². The van der Waals surface area contributed by atoms with Gasteiger partial charge >= 0.3 is 5.97 Å². The van der Waals surface area contributed by atoms with Gasteiger partial charge in [0.25, 0.3) is 0 Å². The third-order valence-corrected chi connectivity index (χ3v) is 13.5. The van der Waals surface area contributed by atoms with Crippen molar-refractivity contribution in [2.75, 3.05) is 6.61 Å². The minimum atomic E-state index is -2.02. The lowest BCUT2D eigenvalue weighted by Gasteiger charge is -2.62. The van der Waals surface area contributed by atoms with Crippen LogP contribution in [0.5, 0.6) is 0 Å². The third kappa shape index (κ3) is 3.20. The molecule has 4 bridgehead atoms. The van der Waals surface area contributed by atoms with Gasteiger partial charge in [0.1, 0.15) is 5.60 Å². The molecule has 0 aromatic heterocycles. The molecule has 0 spiro atoms. The standard InChI is InChI=1S/C33H43FO6/c1-18-8-25-24-5-4-22-12-23(35)6-7-29(22,2)32(24,34)26(36)16-30(25,3)33(18,39)27(37)17-40-28(38)31-13-19-9-20(14-31)11-21(10-19)15-31/h6-7,12,18-21,24-26,36,39H,4-5,8-11,13-17H2,1-3H3/t18-,19?,20?,21?,24+,25+,26+,29-,30-,31?,32+,33+/m0/s1. The van der Waals surface area contributed by atoms with Crippen LogP contribution < -0.4 is 0 Å². The van der Waals surface area contributed by atoms with Gasteiger partial charge in [-0.15, -0.1) is 0 Å². The van der Waals surface area contributed by atoms with Crippen molar-refractivity contribution in [2.24, 2.45) is 51.8 Å². The Morgan fingerprint density at radius 2 is 1.65 bits per heavy atom. The zero-order chi connectivity index (χ0) is 28.5. The van der Waals surface area contributed by atoms with E-state index in [1.165, 1.54) is 31.4 Å². The molecule has 0 aliphatic heterocycles. The van der Waals surface area contributed by atoms with Gasteiger partial charge in [-0.05, 0) is 113 Å². The number of hydrogen-bond acceptors (Lipinski definition) is 6. The molecule has 0 saturated heterocycles. The zero-order valence-electron chi connectivity index (χ0n) is 24.0. The first-order valence-electron chi connectivity index (χ1n) is 15.5. The van der Waals surface area contributed by atoms with Gasteiger partial charge in [-0.3, -0.25) is 14.4 Å². The van der Waals surface area contributed by atoms with Crippen LogP contribution in [-0.2, 0) is 19.1 Å². The van der Waals surface area contributed by atoms with Crippen LogP contribution >= 0.6 is 0 Å². The van der Waals surface area contributed by atoms with Crippen LogP contribution in [0.2, 0.25) is 0 Å². The number of allylic oxidation sites excluding steroid dienone is 4. The fourth-order valence-electron chi connectivity index (χ4n) is 11.9. The van der Waals surface area contributed by atoms with E-state index in [1.807, 2.05) is 13.8 Å². The van der Waals surface area contributed by atoms with E-state index >= 15 is 4.39 Å². The molecule has 218 valence electrons. The van der Waals surface area contributed by atoms with Crippen molar-refractivity contribution in [3.63, 3.8) is 0 Å². The summed E-state index contributed by atoms with van der Waals surface area (Å²) >= 11 is 0. The summed E-state index contributed by atoms with van der Waals surface area (Å²) in [5.74, 6) is -0.674. The van der Waals surface area contributed by atoms with Crippen molar-refractivity contribution < 1.29 is 33.7 Å². The maximum Gasteiger partial charge on any atom is 0.312 e.